The van der Waals surface area contributed by atoms with Crippen LogP contribution in [0, 0.1) is 0 Å². The molecule has 7 heteroatoms. The molecular formula is C16H22N2O5. The predicted molar refractivity (Wildman–Crippen MR) is 81.5 cm³/mol. The van der Waals surface area contributed by atoms with Gasteiger partial charge in [-0.05, 0) is 37.0 Å². The molecule has 1 aliphatic rings. The van der Waals surface area contributed by atoms with Crippen LogP contribution in [0.1, 0.15) is 31.2 Å². The van der Waals surface area contributed by atoms with Crippen LogP contribution in [-0.4, -0.2) is 56.4 Å². The SMILES string of the molecule is O=C([C@@H](O)CC(=O)N1CCCCC1)N(O)Cc1ccc(O)cc1. The molecular weight excluding hydrogens is 300 g/mol. The topological polar surface area (TPSA) is 101 Å². The summed E-state index contributed by atoms with van der Waals surface area (Å²) in [6, 6.07) is 5.97. The van der Waals surface area contributed by atoms with Crippen LogP contribution >= 0.6 is 0 Å². The molecule has 0 radical (unpaired) electrons. The van der Waals surface area contributed by atoms with E-state index in [1.54, 1.807) is 17.0 Å². The van der Waals surface area contributed by atoms with Gasteiger partial charge in [-0.3, -0.25) is 14.8 Å². The number of carbonyl (C=O) groups excluding carboxylic acids is 2. The molecule has 1 atom stereocenters. The van der Waals surface area contributed by atoms with Crippen LogP contribution in [0.3, 0.4) is 0 Å². The van der Waals surface area contributed by atoms with Crippen molar-refractivity contribution < 1.29 is 25.0 Å². The summed E-state index contributed by atoms with van der Waals surface area (Å²) in [6.07, 6.45) is 1.06. The Bertz CT molecular complexity index is 540. The Labute approximate surface area is 134 Å². The number of hydrogen-bond donors (Lipinski definition) is 3. The Kier molecular flexibility index (Phi) is 5.95. The maximum absolute atomic E-state index is 12.0. The highest BCUT2D eigenvalue weighted by Gasteiger charge is 2.26. The fourth-order valence-corrected chi connectivity index (χ4v) is 2.55. The van der Waals surface area contributed by atoms with Crippen molar-refractivity contribution in [2.45, 2.75) is 38.3 Å². The minimum Gasteiger partial charge on any atom is -0.508 e. The number of benzene rings is 1. The van der Waals surface area contributed by atoms with E-state index >= 15 is 0 Å². The molecule has 3 N–H and O–H groups in total. The highest BCUT2D eigenvalue weighted by molar-refractivity contribution is 5.86. The molecule has 2 amide bonds. The summed E-state index contributed by atoms with van der Waals surface area (Å²) in [5, 5.41) is 29.2. The molecule has 23 heavy (non-hydrogen) atoms. The van der Waals surface area contributed by atoms with Gasteiger partial charge < -0.3 is 15.1 Å². The van der Waals surface area contributed by atoms with Crippen molar-refractivity contribution in [2.24, 2.45) is 0 Å². The van der Waals surface area contributed by atoms with E-state index in [0.29, 0.717) is 23.7 Å². The van der Waals surface area contributed by atoms with Crippen molar-refractivity contribution in [2.75, 3.05) is 13.1 Å². The third kappa shape index (κ3) is 4.94. The summed E-state index contributed by atoms with van der Waals surface area (Å²) < 4.78 is 0. The molecule has 1 aliphatic heterocycles. The largest absolute Gasteiger partial charge is 0.508 e. The summed E-state index contributed by atoms with van der Waals surface area (Å²) in [5.74, 6) is -1.11. The van der Waals surface area contributed by atoms with E-state index in [1.165, 1.54) is 12.1 Å². The number of carbonyl (C=O) groups is 2. The Balaban J connectivity index is 1.85. The van der Waals surface area contributed by atoms with Crippen molar-refractivity contribution in [1.82, 2.24) is 9.96 Å². The van der Waals surface area contributed by atoms with Gasteiger partial charge >= 0.3 is 0 Å². The lowest BCUT2D eigenvalue weighted by Gasteiger charge is -2.27. The molecule has 1 aromatic carbocycles. The van der Waals surface area contributed by atoms with Gasteiger partial charge in [0.2, 0.25) is 5.91 Å². The summed E-state index contributed by atoms with van der Waals surface area (Å²) in [4.78, 5) is 25.6. The van der Waals surface area contributed by atoms with Crippen molar-refractivity contribution in [3.8, 4) is 5.75 Å². The van der Waals surface area contributed by atoms with Gasteiger partial charge in [0.05, 0.1) is 13.0 Å². The number of phenols is 1. The van der Waals surface area contributed by atoms with Crippen molar-refractivity contribution in [3.05, 3.63) is 29.8 Å². The van der Waals surface area contributed by atoms with E-state index < -0.39 is 12.0 Å². The third-order valence-electron chi connectivity index (χ3n) is 3.88. The fourth-order valence-electron chi connectivity index (χ4n) is 2.55. The average molecular weight is 322 g/mol. The quantitative estimate of drug-likeness (QED) is 0.552. The smallest absolute Gasteiger partial charge is 0.275 e. The number of piperidine rings is 1. The Morgan fingerprint density at radius 3 is 2.35 bits per heavy atom. The number of nitrogens with zero attached hydrogens (tertiary/aromatic N) is 2. The van der Waals surface area contributed by atoms with Gasteiger partial charge in [-0.2, -0.15) is 0 Å². The first-order valence-electron chi connectivity index (χ1n) is 7.71. The van der Waals surface area contributed by atoms with Crippen LogP contribution in [-0.2, 0) is 16.1 Å². The van der Waals surface area contributed by atoms with E-state index in [-0.39, 0.29) is 24.6 Å². The van der Waals surface area contributed by atoms with Gasteiger partial charge in [-0.1, -0.05) is 12.1 Å². The molecule has 0 saturated carbocycles. The van der Waals surface area contributed by atoms with Gasteiger partial charge in [0.25, 0.3) is 5.91 Å². The van der Waals surface area contributed by atoms with Crippen molar-refractivity contribution in [1.29, 1.82) is 0 Å². The van der Waals surface area contributed by atoms with Crippen molar-refractivity contribution >= 4 is 11.8 Å². The maximum Gasteiger partial charge on any atom is 0.275 e. The number of hydrogen-bond acceptors (Lipinski definition) is 5. The zero-order valence-electron chi connectivity index (χ0n) is 12.9. The summed E-state index contributed by atoms with van der Waals surface area (Å²) in [5.41, 5.74) is 0.591. The molecule has 126 valence electrons. The molecule has 0 aliphatic carbocycles. The number of hydroxylamine groups is 2. The predicted octanol–water partition coefficient (Wildman–Crippen LogP) is 0.873. The highest BCUT2D eigenvalue weighted by Crippen LogP contribution is 2.13. The lowest BCUT2D eigenvalue weighted by molar-refractivity contribution is -0.178. The van der Waals surface area contributed by atoms with Crippen LogP contribution < -0.4 is 0 Å². The van der Waals surface area contributed by atoms with Gasteiger partial charge in [0.15, 0.2) is 0 Å². The van der Waals surface area contributed by atoms with Gasteiger partial charge in [-0.15, -0.1) is 0 Å². The molecule has 1 fully saturated rings. The number of amides is 2. The molecule has 0 aromatic heterocycles. The number of phenolic OH excluding ortho intramolecular Hbond substituents is 1. The lowest BCUT2D eigenvalue weighted by Crippen LogP contribution is -2.42. The second-order valence-corrected chi connectivity index (χ2v) is 5.72. The molecule has 0 unspecified atom stereocenters. The summed E-state index contributed by atoms with van der Waals surface area (Å²) >= 11 is 0. The number of aromatic hydroxyl groups is 1. The van der Waals surface area contributed by atoms with E-state index in [4.69, 9.17) is 0 Å². The molecule has 1 heterocycles. The number of aliphatic hydroxyl groups excluding tert-OH is 1. The van der Waals surface area contributed by atoms with Crippen LogP contribution in [0.2, 0.25) is 0 Å². The van der Waals surface area contributed by atoms with E-state index in [1.807, 2.05) is 0 Å². The average Bonchev–Trinajstić information content (AvgIpc) is 2.56. The Morgan fingerprint density at radius 2 is 1.74 bits per heavy atom. The van der Waals surface area contributed by atoms with E-state index in [0.717, 1.165) is 19.3 Å². The summed E-state index contributed by atoms with van der Waals surface area (Å²) in [6.45, 7) is 1.17. The molecule has 2 rings (SSSR count). The Morgan fingerprint density at radius 1 is 1.13 bits per heavy atom. The fraction of sp³-hybridized carbons (Fsp3) is 0.500. The molecule has 0 spiro atoms. The van der Waals surface area contributed by atoms with E-state index in [2.05, 4.69) is 0 Å². The zero-order chi connectivity index (χ0) is 16.8. The maximum atomic E-state index is 12.0. The number of aliphatic hydroxyl groups is 1. The third-order valence-corrected chi connectivity index (χ3v) is 3.88. The monoisotopic (exact) mass is 322 g/mol. The first-order chi connectivity index (χ1) is 11.0. The second-order valence-electron chi connectivity index (χ2n) is 5.72. The van der Waals surface area contributed by atoms with Crippen LogP contribution in [0.4, 0.5) is 0 Å². The minimum atomic E-state index is -1.56. The highest BCUT2D eigenvalue weighted by atomic mass is 16.5. The molecule has 0 bridgehead atoms. The van der Waals surface area contributed by atoms with Crippen molar-refractivity contribution in [3.63, 3.8) is 0 Å². The minimum absolute atomic E-state index is 0.0803. The van der Waals surface area contributed by atoms with Crippen LogP contribution in [0.15, 0.2) is 24.3 Å². The van der Waals surface area contributed by atoms with Gasteiger partial charge in [0.1, 0.15) is 11.9 Å². The standard InChI is InChI=1S/C16H22N2O5/c19-13-6-4-12(5-7-13)11-18(23)16(22)14(20)10-15(21)17-8-2-1-3-9-17/h4-7,14,19-20,23H,1-3,8-11H2/t14-/m0/s1. The second kappa shape index (κ2) is 7.94. The van der Waals surface area contributed by atoms with Crippen LogP contribution in [0.5, 0.6) is 5.75 Å². The van der Waals surface area contributed by atoms with E-state index in [9.17, 15) is 25.0 Å². The Hall–Kier alpha value is -2.12. The normalized spacial score (nSPS) is 16.0. The molecule has 1 saturated heterocycles. The molecule has 7 nitrogen and oxygen atoms in total. The summed E-state index contributed by atoms with van der Waals surface area (Å²) in [7, 11) is 0. The molecule has 1 aromatic rings. The number of rotatable bonds is 5. The zero-order valence-corrected chi connectivity index (χ0v) is 12.9. The van der Waals surface area contributed by atoms with Gasteiger partial charge in [-0.25, -0.2) is 5.06 Å². The first kappa shape index (κ1) is 17.2. The van der Waals surface area contributed by atoms with Crippen LogP contribution in [0.25, 0.3) is 0 Å². The van der Waals surface area contributed by atoms with Gasteiger partial charge in [0, 0.05) is 13.1 Å². The number of likely N-dealkylation sites (tertiary alicyclic amines) is 1. The first-order valence-corrected chi connectivity index (χ1v) is 7.71. The lowest BCUT2D eigenvalue weighted by atomic mass is 10.1.